The number of amides is 2. The molecule has 2 aromatic rings. The first-order valence-electron chi connectivity index (χ1n) is 8.19. The summed E-state index contributed by atoms with van der Waals surface area (Å²) in [4.78, 5) is 11.4. The molecule has 0 heterocycles. The van der Waals surface area contributed by atoms with Gasteiger partial charge in [0.1, 0.15) is 12.4 Å². The van der Waals surface area contributed by atoms with Crippen LogP contribution < -0.4 is 20.1 Å². The van der Waals surface area contributed by atoms with E-state index in [4.69, 9.17) is 9.47 Å². The first-order valence-corrected chi connectivity index (χ1v) is 9.68. The highest BCUT2D eigenvalue weighted by molar-refractivity contribution is 7.92. The van der Waals surface area contributed by atoms with Gasteiger partial charge >= 0.3 is 6.03 Å². The molecule has 0 aromatic heterocycles. The molecule has 0 aliphatic rings. The summed E-state index contributed by atoms with van der Waals surface area (Å²) in [6.45, 7) is 2.62. The summed E-state index contributed by atoms with van der Waals surface area (Å²) >= 11 is 0. The molecule has 0 unspecified atom stereocenters. The van der Waals surface area contributed by atoms with E-state index in [1.165, 1.54) is 13.1 Å². The lowest BCUT2D eigenvalue weighted by molar-refractivity contribution is 0.146. The van der Waals surface area contributed by atoms with Crippen LogP contribution in [-0.4, -0.2) is 41.8 Å². The van der Waals surface area contributed by atoms with Gasteiger partial charge in [-0.05, 0) is 55.0 Å². The summed E-state index contributed by atoms with van der Waals surface area (Å²) in [5.74, 6) is 0.607. The quantitative estimate of drug-likeness (QED) is 0.598. The van der Waals surface area contributed by atoms with Crippen LogP contribution in [0.5, 0.6) is 5.75 Å². The van der Waals surface area contributed by atoms with Gasteiger partial charge in [0.2, 0.25) is 0 Å². The lowest BCUT2D eigenvalue weighted by Gasteiger charge is -2.12. The summed E-state index contributed by atoms with van der Waals surface area (Å²) in [6.07, 6.45) is 0. The number of rotatable bonds is 8. The zero-order valence-corrected chi connectivity index (χ0v) is 16.2. The molecule has 0 radical (unpaired) electrons. The number of hydrogen-bond acceptors (Lipinski definition) is 5. The van der Waals surface area contributed by atoms with E-state index in [1.54, 1.807) is 50.4 Å². The molecule has 0 saturated heterocycles. The number of urea groups is 1. The Morgan fingerprint density at radius 1 is 1.04 bits per heavy atom. The number of ether oxygens (including phenoxy) is 2. The van der Waals surface area contributed by atoms with Crippen molar-refractivity contribution in [2.75, 3.05) is 37.4 Å². The van der Waals surface area contributed by atoms with Gasteiger partial charge in [-0.3, -0.25) is 4.72 Å². The molecule has 0 aliphatic carbocycles. The molecule has 0 bridgehead atoms. The van der Waals surface area contributed by atoms with Crippen molar-refractivity contribution < 1.29 is 22.7 Å². The molecule has 146 valence electrons. The SMILES string of the molecule is CNC(=O)Nc1ccc(NS(=O)(=O)c2ccc(OCCOC)c(C)c2)cc1. The Labute approximate surface area is 158 Å². The maximum atomic E-state index is 12.6. The molecular weight excluding hydrogens is 370 g/mol. The molecule has 0 aliphatic heterocycles. The van der Waals surface area contributed by atoms with Crippen LogP contribution in [0, 0.1) is 6.92 Å². The minimum Gasteiger partial charge on any atom is -0.491 e. The number of sulfonamides is 1. The van der Waals surface area contributed by atoms with Crippen LogP contribution in [0.4, 0.5) is 16.2 Å². The van der Waals surface area contributed by atoms with Crippen LogP contribution in [0.15, 0.2) is 47.4 Å². The average molecular weight is 393 g/mol. The van der Waals surface area contributed by atoms with E-state index in [-0.39, 0.29) is 10.9 Å². The molecule has 3 N–H and O–H groups in total. The third-order valence-electron chi connectivity index (χ3n) is 3.62. The Morgan fingerprint density at radius 3 is 2.30 bits per heavy atom. The predicted molar refractivity (Wildman–Crippen MR) is 104 cm³/mol. The van der Waals surface area contributed by atoms with Gasteiger partial charge in [0.25, 0.3) is 10.0 Å². The minimum atomic E-state index is -3.75. The van der Waals surface area contributed by atoms with Crippen LogP contribution in [0.25, 0.3) is 0 Å². The Morgan fingerprint density at radius 2 is 1.70 bits per heavy atom. The fourth-order valence-corrected chi connectivity index (χ4v) is 3.36. The van der Waals surface area contributed by atoms with Crippen LogP contribution >= 0.6 is 0 Å². The molecule has 2 rings (SSSR count). The summed E-state index contributed by atoms with van der Waals surface area (Å²) in [5.41, 5.74) is 1.64. The predicted octanol–water partition coefficient (Wildman–Crippen LogP) is 2.57. The third kappa shape index (κ3) is 5.87. The van der Waals surface area contributed by atoms with Crippen LogP contribution in [0.3, 0.4) is 0 Å². The van der Waals surface area contributed by atoms with Crippen molar-refractivity contribution in [3.8, 4) is 5.75 Å². The highest BCUT2D eigenvalue weighted by Crippen LogP contribution is 2.24. The summed E-state index contributed by atoms with van der Waals surface area (Å²) < 4.78 is 38.1. The maximum absolute atomic E-state index is 12.6. The lowest BCUT2D eigenvalue weighted by atomic mass is 10.2. The third-order valence-corrected chi connectivity index (χ3v) is 5.00. The molecule has 0 saturated carbocycles. The normalized spacial score (nSPS) is 10.9. The van der Waals surface area contributed by atoms with E-state index in [1.807, 2.05) is 0 Å². The first kappa shape index (κ1) is 20.5. The number of aryl methyl sites for hydroxylation is 1. The fraction of sp³-hybridized carbons (Fsp3) is 0.278. The zero-order chi connectivity index (χ0) is 19.9. The molecule has 27 heavy (non-hydrogen) atoms. The molecule has 8 nitrogen and oxygen atoms in total. The van der Waals surface area contributed by atoms with Gasteiger partial charge in [-0.25, -0.2) is 13.2 Å². The molecule has 2 amide bonds. The zero-order valence-electron chi connectivity index (χ0n) is 15.4. The summed E-state index contributed by atoms with van der Waals surface area (Å²) in [6, 6.07) is 10.6. The number of benzene rings is 2. The standard InChI is InChI=1S/C18H23N3O5S/c1-13-12-16(8-9-17(13)26-11-10-25-3)27(23,24)21-15-6-4-14(5-7-15)20-18(22)19-2/h4-9,12,21H,10-11H2,1-3H3,(H2,19,20,22). The Hall–Kier alpha value is -2.78. The van der Waals surface area contributed by atoms with Crippen LogP contribution in [0.1, 0.15) is 5.56 Å². The Balaban J connectivity index is 2.09. The van der Waals surface area contributed by atoms with E-state index < -0.39 is 10.0 Å². The highest BCUT2D eigenvalue weighted by Gasteiger charge is 2.16. The van der Waals surface area contributed by atoms with E-state index in [0.29, 0.717) is 35.9 Å². The second-order valence-corrected chi connectivity index (χ2v) is 7.34. The topological polar surface area (TPSA) is 106 Å². The Bertz CT molecular complexity index is 882. The molecule has 0 spiro atoms. The number of carbonyl (C=O) groups excluding carboxylic acids is 1. The van der Waals surface area contributed by atoms with Gasteiger partial charge in [-0.2, -0.15) is 0 Å². The highest BCUT2D eigenvalue weighted by atomic mass is 32.2. The number of anilines is 2. The molecule has 2 aromatic carbocycles. The number of nitrogens with one attached hydrogen (secondary N) is 3. The van der Waals surface area contributed by atoms with Crippen molar-refractivity contribution in [1.82, 2.24) is 5.32 Å². The number of hydrogen-bond donors (Lipinski definition) is 3. The smallest absolute Gasteiger partial charge is 0.318 e. The van der Waals surface area contributed by atoms with Gasteiger partial charge in [-0.1, -0.05) is 0 Å². The van der Waals surface area contributed by atoms with Crippen molar-refractivity contribution in [2.45, 2.75) is 11.8 Å². The van der Waals surface area contributed by atoms with Crippen molar-refractivity contribution in [3.05, 3.63) is 48.0 Å². The fourth-order valence-electron chi connectivity index (χ4n) is 2.22. The van der Waals surface area contributed by atoms with Crippen LogP contribution in [0.2, 0.25) is 0 Å². The van der Waals surface area contributed by atoms with Gasteiger partial charge in [0.05, 0.1) is 11.5 Å². The lowest BCUT2D eigenvalue weighted by Crippen LogP contribution is -2.24. The summed E-state index contributed by atoms with van der Waals surface area (Å²) in [5, 5.41) is 5.03. The van der Waals surface area contributed by atoms with Crippen molar-refractivity contribution >= 4 is 27.4 Å². The van der Waals surface area contributed by atoms with Gasteiger partial charge in [0, 0.05) is 25.5 Å². The van der Waals surface area contributed by atoms with Crippen molar-refractivity contribution in [1.29, 1.82) is 0 Å². The van der Waals surface area contributed by atoms with Crippen LogP contribution in [-0.2, 0) is 14.8 Å². The van der Waals surface area contributed by atoms with Crippen molar-refractivity contribution in [3.63, 3.8) is 0 Å². The minimum absolute atomic E-state index is 0.131. The van der Waals surface area contributed by atoms with Gasteiger partial charge in [-0.15, -0.1) is 0 Å². The average Bonchev–Trinajstić information content (AvgIpc) is 2.64. The van der Waals surface area contributed by atoms with Crippen molar-refractivity contribution in [2.24, 2.45) is 0 Å². The van der Waals surface area contributed by atoms with E-state index in [9.17, 15) is 13.2 Å². The largest absolute Gasteiger partial charge is 0.491 e. The second-order valence-electron chi connectivity index (χ2n) is 5.66. The molecule has 0 atom stereocenters. The number of carbonyl (C=O) groups is 1. The Kier molecular flexibility index (Phi) is 7.03. The van der Waals surface area contributed by atoms with E-state index >= 15 is 0 Å². The van der Waals surface area contributed by atoms with E-state index in [2.05, 4.69) is 15.4 Å². The summed E-state index contributed by atoms with van der Waals surface area (Å²) in [7, 11) is -0.659. The first-order chi connectivity index (χ1) is 12.9. The molecule has 9 heteroatoms. The van der Waals surface area contributed by atoms with Gasteiger partial charge in [0.15, 0.2) is 0 Å². The number of methoxy groups -OCH3 is 1. The van der Waals surface area contributed by atoms with E-state index in [0.717, 1.165) is 0 Å². The maximum Gasteiger partial charge on any atom is 0.318 e. The monoisotopic (exact) mass is 393 g/mol. The van der Waals surface area contributed by atoms with Gasteiger partial charge < -0.3 is 20.1 Å². The molecular formula is C18H23N3O5S. The second kappa shape index (κ2) is 9.24. The molecule has 0 fully saturated rings.